The highest BCUT2D eigenvalue weighted by molar-refractivity contribution is 5.87. The third-order valence-corrected chi connectivity index (χ3v) is 5.17. The van der Waals surface area contributed by atoms with Gasteiger partial charge in [-0.25, -0.2) is 9.97 Å². The number of nitrogens with zero attached hydrogens (tertiary/aromatic N) is 4. The fourth-order valence-electron chi connectivity index (χ4n) is 3.79. The van der Waals surface area contributed by atoms with Crippen molar-refractivity contribution in [2.24, 2.45) is 5.92 Å². The number of anilines is 2. The molecule has 1 atom stereocenters. The van der Waals surface area contributed by atoms with Gasteiger partial charge in [-0.2, -0.15) is 5.26 Å². The lowest BCUT2D eigenvalue weighted by atomic mass is 9.92. The van der Waals surface area contributed by atoms with E-state index in [9.17, 15) is 4.79 Å². The van der Waals surface area contributed by atoms with Crippen LogP contribution in [0.3, 0.4) is 0 Å². The first-order valence-corrected chi connectivity index (χ1v) is 9.51. The summed E-state index contributed by atoms with van der Waals surface area (Å²) in [7, 11) is 0. The van der Waals surface area contributed by atoms with Gasteiger partial charge in [-0.15, -0.1) is 0 Å². The number of rotatable bonds is 6. The van der Waals surface area contributed by atoms with E-state index in [2.05, 4.69) is 31.2 Å². The molecule has 3 aromatic rings. The van der Waals surface area contributed by atoms with Crippen LogP contribution in [0, 0.1) is 17.2 Å². The van der Waals surface area contributed by atoms with Crippen LogP contribution in [0.15, 0.2) is 42.9 Å². The largest absolute Gasteiger partial charge is 0.378 e. The van der Waals surface area contributed by atoms with Gasteiger partial charge in [0.15, 0.2) is 5.78 Å². The van der Waals surface area contributed by atoms with Gasteiger partial charge in [0.05, 0.1) is 23.6 Å². The number of fused-ring (bicyclic) bond motifs is 1. The number of H-pyrrole nitrogens is 1. The Morgan fingerprint density at radius 1 is 1.29 bits per heavy atom. The van der Waals surface area contributed by atoms with Crippen LogP contribution in [-0.4, -0.2) is 40.4 Å². The Balaban J connectivity index is 1.34. The molecule has 1 aliphatic rings. The topological polar surface area (TPSA) is 97.7 Å². The van der Waals surface area contributed by atoms with Crippen LogP contribution in [0.25, 0.3) is 11.0 Å². The Morgan fingerprint density at radius 2 is 2.14 bits per heavy atom. The fraction of sp³-hybridized carbons (Fsp3) is 0.333. The van der Waals surface area contributed by atoms with Crippen LogP contribution in [-0.2, 0) is 4.79 Å². The Labute approximate surface area is 163 Å². The molecule has 0 bridgehead atoms. The number of hydrogen-bond donors (Lipinski definition) is 2. The van der Waals surface area contributed by atoms with E-state index in [-0.39, 0.29) is 5.78 Å². The second-order valence-corrected chi connectivity index (χ2v) is 7.18. The summed E-state index contributed by atoms with van der Waals surface area (Å²) in [6, 6.07) is 11.2. The molecule has 1 fully saturated rings. The van der Waals surface area contributed by atoms with E-state index >= 15 is 0 Å². The van der Waals surface area contributed by atoms with Crippen molar-refractivity contribution in [1.29, 1.82) is 5.26 Å². The maximum atomic E-state index is 12.5. The molecule has 3 heterocycles. The molecule has 0 saturated carbocycles. The minimum Gasteiger partial charge on any atom is -0.378 e. The van der Waals surface area contributed by atoms with Gasteiger partial charge in [-0.1, -0.05) is 0 Å². The number of nitriles is 1. The summed E-state index contributed by atoms with van der Waals surface area (Å²) in [5, 5.41) is 13.0. The zero-order valence-electron chi connectivity index (χ0n) is 15.6. The predicted molar refractivity (Wildman–Crippen MR) is 108 cm³/mol. The predicted octanol–water partition coefficient (Wildman–Crippen LogP) is 3.12. The molecule has 1 aliphatic heterocycles. The van der Waals surface area contributed by atoms with E-state index in [1.165, 1.54) is 0 Å². The third kappa shape index (κ3) is 3.96. The molecule has 0 amide bonds. The monoisotopic (exact) mass is 374 g/mol. The van der Waals surface area contributed by atoms with Crippen molar-refractivity contribution in [1.82, 2.24) is 15.0 Å². The molecule has 1 aromatic carbocycles. The van der Waals surface area contributed by atoms with E-state index in [1.807, 2.05) is 24.4 Å². The zero-order chi connectivity index (χ0) is 19.3. The summed E-state index contributed by atoms with van der Waals surface area (Å²) < 4.78 is 0. The molecule has 1 saturated heterocycles. The van der Waals surface area contributed by atoms with Gasteiger partial charge in [-0.05, 0) is 49.1 Å². The molecular weight excluding hydrogens is 352 g/mol. The van der Waals surface area contributed by atoms with Crippen molar-refractivity contribution in [3.8, 4) is 6.07 Å². The van der Waals surface area contributed by atoms with Crippen LogP contribution in [0.4, 0.5) is 11.5 Å². The van der Waals surface area contributed by atoms with Crippen molar-refractivity contribution in [3.05, 3.63) is 48.4 Å². The second-order valence-electron chi connectivity index (χ2n) is 7.18. The summed E-state index contributed by atoms with van der Waals surface area (Å²) in [5.41, 5.74) is 2.31. The minimum absolute atomic E-state index is 0.200. The zero-order valence-corrected chi connectivity index (χ0v) is 15.6. The van der Waals surface area contributed by atoms with Gasteiger partial charge >= 0.3 is 0 Å². The van der Waals surface area contributed by atoms with Gasteiger partial charge in [0.1, 0.15) is 17.8 Å². The summed E-state index contributed by atoms with van der Waals surface area (Å²) in [6.45, 7) is 2.09. The van der Waals surface area contributed by atoms with E-state index in [0.717, 1.165) is 48.5 Å². The number of Topliss-reactive ketones (excluding diaryl/α,β-unsaturated/α-hetero) is 1. The molecule has 2 N–H and O–H groups in total. The molecule has 0 aliphatic carbocycles. The highest BCUT2D eigenvalue weighted by Crippen LogP contribution is 2.28. The van der Waals surface area contributed by atoms with Crippen LogP contribution in [0.2, 0.25) is 0 Å². The molecule has 0 spiro atoms. The number of aromatic amines is 1. The number of ketones is 1. The lowest BCUT2D eigenvalue weighted by Gasteiger charge is -2.33. The smallest absolute Gasteiger partial charge is 0.152 e. The van der Waals surface area contributed by atoms with Crippen molar-refractivity contribution in [2.45, 2.75) is 19.3 Å². The van der Waals surface area contributed by atoms with Crippen LogP contribution in [0.1, 0.15) is 24.8 Å². The van der Waals surface area contributed by atoms with Crippen molar-refractivity contribution in [2.75, 3.05) is 29.9 Å². The number of piperidine rings is 1. The number of carbonyl (C=O) groups is 1. The highest BCUT2D eigenvalue weighted by atomic mass is 16.1. The first-order chi connectivity index (χ1) is 13.7. The number of benzene rings is 1. The molecule has 28 heavy (non-hydrogen) atoms. The number of aromatic nitrogens is 3. The normalized spacial score (nSPS) is 16.7. The Bertz CT molecular complexity index is 1000. The SMILES string of the molecule is N#Cc1ccc(NCC(=O)C[C@@H]2CCCN(c3ncnc4[nH]ccc34)C2)cc1. The Hall–Kier alpha value is -3.40. The standard InChI is InChI=1S/C21H22N6O/c22-11-15-3-5-17(6-4-15)24-12-18(28)10-16-2-1-9-27(13-16)21-19-7-8-23-20(19)25-14-26-21/h3-8,14,16,24H,1-2,9-10,12-13H2,(H,23,25,26)/t16-/m0/s1. The minimum atomic E-state index is 0.200. The number of hydrogen-bond acceptors (Lipinski definition) is 6. The highest BCUT2D eigenvalue weighted by Gasteiger charge is 2.24. The summed E-state index contributed by atoms with van der Waals surface area (Å²) >= 11 is 0. The van der Waals surface area contributed by atoms with Crippen LogP contribution >= 0.6 is 0 Å². The lowest BCUT2D eigenvalue weighted by Crippen LogP contribution is -2.37. The van der Waals surface area contributed by atoms with Gasteiger partial charge in [0, 0.05) is 31.4 Å². The summed E-state index contributed by atoms with van der Waals surface area (Å²) in [4.78, 5) is 26.6. The van der Waals surface area contributed by atoms with Gasteiger partial charge in [-0.3, -0.25) is 4.79 Å². The fourth-order valence-corrected chi connectivity index (χ4v) is 3.79. The van der Waals surface area contributed by atoms with E-state index in [0.29, 0.717) is 24.4 Å². The maximum absolute atomic E-state index is 12.5. The first kappa shape index (κ1) is 18.0. The average molecular weight is 374 g/mol. The van der Waals surface area contributed by atoms with E-state index < -0.39 is 0 Å². The molecular formula is C21H22N6O. The molecule has 0 unspecified atom stereocenters. The molecule has 4 rings (SSSR count). The van der Waals surface area contributed by atoms with Crippen molar-refractivity contribution in [3.63, 3.8) is 0 Å². The van der Waals surface area contributed by atoms with E-state index in [4.69, 9.17) is 5.26 Å². The summed E-state index contributed by atoms with van der Waals surface area (Å²) in [5.74, 6) is 1.47. The Kier molecular flexibility index (Phi) is 5.20. The van der Waals surface area contributed by atoms with Crippen LogP contribution < -0.4 is 10.2 Å². The Morgan fingerprint density at radius 3 is 2.96 bits per heavy atom. The lowest BCUT2D eigenvalue weighted by molar-refractivity contribution is -0.118. The first-order valence-electron chi connectivity index (χ1n) is 9.51. The third-order valence-electron chi connectivity index (χ3n) is 5.17. The number of nitrogens with one attached hydrogen (secondary N) is 2. The maximum Gasteiger partial charge on any atom is 0.152 e. The molecule has 2 aromatic heterocycles. The molecule has 0 radical (unpaired) electrons. The molecule has 7 nitrogen and oxygen atoms in total. The molecule has 142 valence electrons. The quantitative estimate of drug-likeness (QED) is 0.688. The van der Waals surface area contributed by atoms with Gasteiger partial charge < -0.3 is 15.2 Å². The van der Waals surface area contributed by atoms with Gasteiger partial charge in [0.25, 0.3) is 0 Å². The molecule has 7 heteroatoms. The van der Waals surface area contributed by atoms with Crippen molar-refractivity contribution >= 4 is 28.3 Å². The van der Waals surface area contributed by atoms with Gasteiger partial charge in [0.2, 0.25) is 0 Å². The second kappa shape index (κ2) is 8.09. The van der Waals surface area contributed by atoms with Crippen LogP contribution in [0.5, 0.6) is 0 Å². The summed E-state index contributed by atoms with van der Waals surface area (Å²) in [6.07, 6.45) is 6.13. The number of carbonyl (C=O) groups excluding carboxylic acids is 1. The van der Waals surface area contributed by atoms with E-state index in [1.54, 1.807) is 18.5 Å². The average Bonchev–Trinajstić information content (AvgIpc) is 3.22. The van der Waals surface area contributed by atoms with Crippen molar-refractivity contribution < 1.29 is 4.79 Å².